The van der Waals surface area contributed by atoms with Gasteiger partial charge in [-0.2, -0.15) is 0 Å². The number of aliphatic hydroxyl groups excluding tert-OH is 2. The lowest BCUT2D eigenvalue weighted by Crippen LogP contribution is -2.69. The highest BCUT2D eigenvalue weighted by Gasteiger charge is 2.65. The number of aliphatic hydroxyl groups is 2. The molecule has 3 N–H and O–H groups in total. The summed E-state index contributed by atoms with van der Waals surface area (Å²) in [6.45, 7) is 6.37. The van der Waals surface area contributed by atoms with Crippen molar-refractivity contribution in [2.24, 2.45) is 22.9 Å². The van der Waals surface area contributed by atoms with Gasteiger partial charge < -0.3 is 39.5 Å². The molecule has 0 radical (unpaired) electrons. The number of allylic oxidation sites excluding steroid dienone is 1. The molecule has 0 saturated heterocycles. The van der Waals surface area contributed by atoms with Crippen molar-refractivity contribution in [2.45, 2.75) is 69.6 Å². The Labute approximate surface area is 321 Å². The lowest BCUT2D eigenvalue weighted by Gasteiger charge is -2.59. The summed E-state index contributed by atoms with van der Waals surface area (Å²) in [7, 11) is 3.16. The summed E-state index contributed by atoms with van der Waals surface area (Å²) < 4.78 is 19.6. The number of nitro groups is 1. The van der Waals surface area contributed by atoms with Gasteiger partial charge in [0.1, 0.15) is 24.7 Å². The van der Waals surface area contributed by atoms with E-state index in [1.54, 1.807) is 55.3 Å². The molecular weight excluding hydrogens is 708 g/mol. The maximum absolute atomic E-state index is 14.1. The van der Waals surface area contributed by atoms with E-state index in [1.165, 1.54) is 25.3 Å². The zero-order chi connectivity index (χ0) is 39.5. The van der Waals surface area contributed by atoms with Gasteiger partial charge in [-0.15, -0.1) is 6.58 Å². The molecule has 0 spiro atoms. The number of oxime groups is 1. The van der Waals surface area contributed by atoms with Gasteiger partial charge in [0.05, 0.1) is 23.2 Å². The van der Waals surface area contributed by atoms with Gasteiger partial charge in [0.25, 0.3) is 5.69 Å². The van der Waals surface area contributed by atoms with Crippen molar-refractivity contribution in [1.29, 1.82) is 0 Å². The number of nitrogens with one attached hydrogen (secondary N) is 1. The minimum atomic E-state index is -1.44. The summed E-state index contributed by atoms with van der Waals surface area (Å²) in [5, 5.41) is 37.9. The molecule has 5 rings (SSSR count). The second-order valence-corrected chi connectivity index (χ2v) is 14.0. The molecule has 14 heteroatoms. The third-order valence-corrected chi connectivity index (χ3v) is 10.7. The molecule has 0 bridgehead atoms. The highest BCUT2D eigenvalue weighted by molar-refractivity contribution is 6.03. The van der Waals surface area contributed by atoms with Crippen LogP contribution in [0.1, 0.15) is 68.9 Å². The van der Waals surface area contributed by atoms with Gasteiger partial charge in [0, 0.05) is 62.9 Å². The van der Waals surface area contributed by atoms with Gasteiger partial charge in [-0.25, -0.2) is 4.79 Å². The van der Waals surface area contributed by atoms with Gasteiger partial charge in [-0.1, -0.05) is 30.1 Å². The fraction of sp³-hybridized carbons (Fsp3) is 0.488. The number of unbranched alkanes of at least 4 members (excludes halogenated alkanes) is 2. The summed E-state index contributed by atoms with van der Waals surface area (Å²) in [6.07, 6.45) is 10.9. The van der Waals surface area contributed by atoms with Crippen molar-refractivity contribution >= 4 is 29.5 Å². The molecule has 2 aromatic carbocycles. The molecule has 2 aliphatic carbocycles. The Morgan fingerprint density at radius 1 is 1.13 bits per heavy atom. The number of amides is 2. The van der Waals surface area contributed by atoms with E-state index < -0.39 is 28.8 Å². The van der Waals surface area contributed by atoms with E-state index in [0.29, 0.717) is 42.2 Å². The smallest absolute Gasteiger partial charge is 0.412 e. The number of nitrogens with zero attached hydrogens (tertiary/aromatic N) is 3. The molecule has 1 saturated carbocycles. The van der Waals surface area contributed by atoms with Crippen molar-refractivity contribution in [2.75, 3.05) is 40.5 Å². The van der Waals surface area contributed by atoms with E-state index in [-0.39, 0.29) is 55.6 Å². The Kier molecular flexibility index (Phi) is 14.2. The standard InChI is InChI=1S/C41H52N4O10/c1-5-23-53-41-36(44(3)37(48)20-15-27-13-16-29(17-14-27)45(50)51)26-34(43-52-4)32-24-28(11-7-9-21-46)31(12-8-10-22-47)38(39(32)41)33-25-30(18-19-35(33)55-41)54-40(49)42-6-2/h5,13-20,24-25,28,31,36,38-39,46-47H,1,6-12,21-23,26H2,2-4H3,(H,42,49). The fourth-order valence-corrected chi connectivity index (χ4v) is 8.33. The Bertz CT molecular complexity index is 1780. The number of carbonyl (C=O) groups excluding carboxylic acids is 2. The second kappa shape index (κ2) is 19.0. The van der Waals surface area contributed by atoms with E-state index in [4.69, 9.17) is 19.0 Å². The molecule has 1 heterocycles. The van der Waals surface area contributed by atoms with Crippen molar-refractivity contribution in [3.05, 3.63) is 94.1 Å². The minimum Gasteiger partial charge on any atom is -0.459 e. The predicted molar refractivity (Wildman–Crippen MR) is 207 cm³/mol. The summed E-state index contributed by atoms with van der Waals surface area (Å²) in [6, 6.07) is 10.5. The molecule has 2 amide bonds. The molecule has 1 fully saturated rings. The third kappa shape index (κ3) is 9.09. The molecule has 296 valence electrons. The van der Waals surface area contributed by atoms with Crippen LogP contribution >= 0.6 is 0 Å². The van der Waals surface area contributed by atoms with Crippen LogP contribution in [0.25, 0.3) is 6.08 Å². The van der Waals surface area contributed by atoms with E-state index in [1.807, 2.05) is 6.07 Å². The van der Waals surface area contributed by atoms with E-state index in [0.717, 1.165) is 36.8 Å². The van der Waals surface area contributed by atoms with Crippen molar-refractivity contribution in [3.63, 3.8) is 0 Å². The normalized spacial score (nSPS) is 24.6. The third-order valence-electron chi connectivity index (χ3n) is 10.7. The topological polar surface area (TPSA) is 182 Å². The lowest BCUT2D eigenvalue weighted by molar-refractivity contribution is -0.384. The maximum Gasteiger partial charge on any atom is 0.412 e. The Hall–Kier alpha value is -5.05. The molecule has 55 heavy (non-hydrogen) atoms. The summed E-state index contributed by atoms with van der Waals surface area (Å²) >= 11 is 0. The van der Waals surface area contributed by atoms with Crippen molar-refractivity contribution in [3.8, 4) is 11.5 Å². The molecule has 2 aromatic rings. The van der Waals surface area contributed by atoms with Crippen LogP contribution in [0.3, 0.4) is 0 Å². The van der Waals surface area contributed by atoms with Crippen LogP contribution in [0.5, 0.6) is 11.5 Å². The molecule has 6 unspecified atom stereocenters. The highest BCUT2D eigenvalue weighted by Crippen LogP contribution is 2.61. The zero-order valence-corrected chi connectivity index (χ0v) is 31.7. The molecule has 1 aliphatic heterocycles. The van der Waals surface area contributed by atoms with Crippen LogP contribution in [0.4, 0.5) is 10.5 Å². The van der Waals surface area contributed by atoms with Crippen molar-refractivity contribution < 1.29 is 43.8 Å². The number of nitro benzene ring substituents is 1. The monoisotopic (exact) mass is 760 g/mol. The van der Waals surface area contributed by atoms with Crippen LogP contribution < -0.4 is 14.8 Å². The predicted octanol–water partition coefficient (Wildman–Crippen LogP) is 6.14. The second-order valence-electron chi connectivity index (χ2n) is 14.0. The van der Waals surface area contributed by atoms with Crippen molar-refractivity contribution in [1.82, 2.24) is 10.2 Å². The summed E-state index contributed by atoms with van der Waals surface area (Å²) in [5.74, 6) is -1.69. The number of carbonyl (C=O) groups is 2. The summed E-state index contributed by atoms with van der Waals surface area (Å²) in [4.78, 5) is 44.4. The van der Waals surface area contributed by atoms with Crippen LogP contribution in [-0.4, -0.2) is 90.1 Å². The maximum atomic E-state index is 14.1. The number of non-ortho nitro benzene ring substituents is 1. The summed E-state index contributed by atoms with van der Waals surface area (Å²) in [5.41, 5.74) is 2.90. The number of hydrogen-bond donors (Lipinski definition) is 3. The molecule has 6 atom stereocenters. The van der Waals surface area contributed by atoms with E-state index in [9.17, 15) is 29.9 Å². The Morgan fingerprint density at radius 2 is 1.85 bits per heavy atom. The van der Waals surface area contributed by atoms with Gasteiger partial charge in [0.15, 0.2) is 0 Å². The first-order chi connectivity index (χ1) is 26.6. The van der Waals surface area contributed by atoms with Crippen LogP contribution in [0.15, 0.2) is 78.0 Å². The first kappa shape index (κ1) is 41.1. The lowest BCUT2D eigenvalue weighted by atomic mass is 9.55. The molecular formula is C41H52N4O10. The number of benzene rings is 2. The fourth-order valence-electron chi connectivity index (χ4n) is 8.33. The van der Waals surface area contributed by atoms with Crippen LogP contribution in [0.2, 0.25) is 0 Å². The van der Waals surface area contributed by atoms with Gasteiger partial charge in [-0.05, 0) is 92.0 Å². The number of likely N-dealkylation sites (N-methyl/N-ethyl adjacent to an activating group) is 1. The first-order valence-electron chi connectivity index (χ1n) is 18.9. The molecule has 14 nitrogen and oxygen atoms in total. The number of fused-ring (bicyclic) bond motifs is 2. The van der Waals surface area contributed by atoms with Gasteiger partial charge in [0.2, 0.25) is 11.7 Å². The number of ether oxygens (including phenoxy) is 3. The first-order valence-corrected chi connectivity index (χ1v) is 18.9. The average Bonchev–Trinajstić information content (AvgIpc) is 3.18. The Balaban J connectivity index is 1.68. The highest BCUT2D eigenvalue weighted by atomic mass is 16.7. The van der Waals surface area contributed by atoms with E-state index in [2.05, 4.69) is 23.1 Å². The van der Waals surface area contributed by atoms with Gasteiger partial charge in [-0.3, -0.25) is 14.9 Å². The number of rotatable bonds is 18. The molecule has 3 aliphatic rings. The Morgan fingerprint density at radius 3 is 2.51 bits per heavy atom. The quantitative estimate of drug-likeness (QED) is 0.0525. The molecule has 0 aromatic heterocycles. The van der Waals surface area contributed by atoms with E-state index >= 15 is 0 Å². The number of hydrogen-bond acceptors (Lipinski definition) is 11. The van der Waals surface area contributed by atoms with Gasteiger partial charge >= 0.3 is 6.09 Å². The SMILES string of the molecule is C=CCOC12Oc3ccc(OC(=O)NCC)cc3C3C(CCCCO)C(CCCCO)C=C(C(=NOC)CC1N(C)C(=O)C=Cc1ccc([N+](=O)[O-])cc1)C32. The van der Waals surface area contributed by atoms with Crippen LogP contribution in [0, 0.1) is 27.9 Å². The minimum absolute atomic E-state index is 0.00125. The van der Waals surface area contributed by atoms with Crippen LogP contribution in [-0.2, 0) is 14.4 Å². The largest absolute Gasteiger partial charge is 0.459 e. The zero-order valence-electron chi connectivity index (χ0n) is 31.7. The average molecular weight is 761 g/mol.